The maximum absolute atomic E-state index is 6.39. The van der Waals surface area contributed by atoms with Crippen molar-refractivity contribution in [2.24, 2.45) is 0 Å². The van der Waals surface area contributed by atoms with Crippen LogP contribution >= 0.6 is 23.2 Å². The van der Waals surface area contributed by atoms with Gasteiger partial charge in [0.15, 0.2) is 5.82 Å². The van der Waals surface area contributed by atoms with E-state index < -0.39 is 0 Å². The number of piperidine rings is 1. The minimum atomic E-state index is -0.305. The molecule has 0 bridgehead atoms. The standard InChI is InChI=1S/C27H26Cl2N6O/c1-2-24(25-19(28)14-30-15-20(25)29)36-17-7-9-21-18(13-17)26(34-33-21)27-31-22-8-6-16(12-23(22)32-27)35-10-4-3-5-11-35/h6-9,12-15,24H,2-5,10-11H2,1H3,(H,31,32)(H,33,34). The van der Waals surface area contributed by atoms with Gasteiger partial charge < -0.3 is 14.6 Å². The number of hydrogen-bond donors (Lipinski definition) is 2. The quantitative estimate of drug-likeness (QED) is 0.245. The average molecular weight is 521 g/mol. The molecule has 2 N–H and O–H groups in total. The third kappa shape index (κ3) is 4.27. The second kappa shape index (κ2) is 9.64. The normalized spacial score (nSPS) is 15.0. The molecule has 0 aliphatic carbocycles. The lowest BCUT2D eigenvalue weighted by Gasteiger charge is -2.28. The van der Waals surface area contributed by atoms with Crippen molar-refractivity contribution in [3.8, 4) is 17.3 Å². The van der Waals surface area contributed by atoms with Crippen molar-refractivity contribution in [2.45, 2.75) is 38.7 Å². The first-order valence-corrected chi connectivity index (χ1v) is 13.0. The summed E-state index contributed by atoms with van der Waals surface area (Å²) in [4.78, 5) is 14.8. The topological polar surface area (TPSA) is 82.7 Å². The molecule has 0 radical (unpaired) electrons. The molecular weight excluding hydrogens is 495 g/mol. The van der Waals surface area contributed by atoms with Gasteiger partial charge in [-0.2, -0.15) is 5.10 Å². The summed E-state index contributed by atoms with van der Waals surface area (Å²) in [6, 6.07) is 12.3. The fourth-order valence-corrected chi connectivity index (χ4v) is 5.55. The van der Waals surface area contributed by atoms with Crippen molar-refractivity contribution in [3.63, 3.8) is 0 Å². The van der Waals surface area contributed by atoms with Gasteiger partial charge in [0.2, 0.25) is 0 Å². The number of benzene rings is 2. The molecule has 1 aliphatic rings. The third-order valence-electron chi connectivity index (χ3n) is 6.81. The molecule has 0 spiro atoms. The van der Waals surface area contributed by atoms with E-state index >= 15 is 0 Å². The molecule has 2 aromatic carbocycles. The maximum atomic E-state index is 6.39. The number of imidazole rings is 1. The van der Waals surface area contributed by atoms with Crippen LogP contribution in [0, 0.1) is 0 Å². The van der Waals surface area contributed by atoms with E-state index in [0.29, 0.717) is 22.2 Å². The Morgan fingerprint density at radius 1 is 1.00 bits per heavy atom. The molecule has 36 heavy (non-hydrogen) atoms. The summed E-state index contributed by atoms with van der Waals surface area (Å²) >= 11 is 12.8. The summed E-state index contributed by atoms with van der Waals surface area (Å²) < 4.78 is 6.35. The molecule has 9 heteroatoms. The number of hydrogen-bond acceptors (Lipinski definition) is 5. The molecule has 1 atom stereocenters. The molecule has 6 rings (SSSR count). The number of anilines is 1. The minimum Gasteiger partial charge on any atom is -0.486 e. The number of H-pyrrole nitrogens is 2. The maximum Gasteiger partial charge on any atom is 0.159 e. The van der Waals surface area contributed by atoms with E-state index in [1.54, 1.807) is 12.4 Å². The molecule has 1 aliphatic heterocycles. The van der Waals surface area contributed by atoms with Gasteiger partial charge in [-0.3, -0.25) is 10.1 Å². The Kier molecular flexibility index (Phi) is 6.19. The van der Waals surface area contributed by atoms with Crippen LogP contribution in [0.25, 0.3) is 33.5 Å². The molecular formula is C27H26Cl2N6O. The number of nitrogens with one attached hydrogen (secondary N) is 2. The zero-order chi connectivity index (χ0) is 24.6. The van der Waals surface area contributed by atoms with E-state index in [4.69, 9.17) is 32.9 Å². The lowest BCUT2D eigenvalue weighted by molar-refractivity contribution is 0.201. The van der Waals surface area contributed by atoms with Crippen molar-refractivity contribution in [1.29, 1.82) is 0 Å². The SMILES string of the molecule is CCC(Oc1ccc2[nH]nc(-c3nc4ccc(N5CCCCC5)cc4[nH]3)c2c1)c1c(Cl)cncc1Cl. The first-order chi connectivity index (χ1) is 17.6. The Morgan fingerprint density at radius 3 is 2.58 bits per heavy atom. The van der Waals surface area contributed by atoms with Crippen LogP contribution in [0.2, 0.25) is 10.0 Å². The van der Waals surface area contributed by atoms with E-state index in [2.05, 4.69) is 43.3 Å². The smallest absolute Gasteiger partial charge is 0.159 e. The fourth-order valence-electron chi connectivity index (χ4n) is 4.95. The highest BCUT2D eigenvalue weighted by atomic mass is 35.5. The predicted molar refractivity (Wildman–Crippen MR) is 145 cm³/mol. The zero-order valence-corrected chi connectivity index (χ0v) is 21.4. The molecule has 3 aromatic heterocycles. The Labute approximate surface area is 218 Å². The van der Waals surface area contributed by atoms with Gasteiger partial charge >= 0.3 is 0 Å². The molecule has 5 aromatic rings. The van der Waals surface area contributed by atoms with Crippen molar-refractivity contribution >= 4 is 50.8 Å². The van der Waals surface area contributed by atoms with Crippen molar-refractivity contribution < 1.29 is 4.74 Å². The number of aromatic nitrogens is 5. The van der Waals surface area contributed by atoms with E-state index in [1.165, 1.54) is 24.9 Å². The summed E-state index contributed by atoms with van der Waals surface area (Å²) in [5.74, 6) is 1.42. The van der Waals surface area contributed by atoms with E-state index in [9.17, 15) is 0 Å². The monoisotopic (exact) mass is 520 g/mol. The first-order valence-electron chi connectivity index (χ1n) is 12.3. The van der Waals surface area contributed by atoms with Crippen LogP contribution in [-0.4, -0.2) is 38.2 Å². The molecule has 1 fully saturated rings. The van der Waals surface area contributed by atoms with Gasteiger partial charge in [0.1, 0.15) is 17.5 Å². The van der Waals surface area contributed by atoms with Gasteiger partial charge in [-0.1, -0.05) is 30.1 Å². The van der Waals surface area contributed by atoms with Crippen molar-refractivity contribution in [2.75, 3.05) is 18.0 Å². The summed E-state index contributed by atoms with van der Waals surface area (Å²) in [5, 5.41) is 9.58. The van der Waals surface area contributed by atoms with Crippen LogP contribution in [-0.2, 0) is 0 Å². The molecule has 1 unspecified atom stereocenters. The Bertz CT molecular complexity index is 1520. The molecule has 0 saturated carbocycles. The van der Waals surface area contributed by atoms with Gasteiger partial charge in [0.05, 0.1) is 26.6 Å². The second-order valence-corrected chi connectivity index (χ2v) is 9.96. The Morgan fingerprint density at radius 2 is 1.81 bits per heavy atom. The highest BCUT2D eigenvalue weighted by molar-refractivity contribution is 6.35. The summed E-state index contributed by atoms with van der Waals surface area (Å²) in [7, 11) is 0. The molecule has 1 saturated heterocycles. The van der Waals surface area contributed by atoms with Gasteiger partial charge in [0, 0.05) is 42.1 Å². The fraction of sp³-hybridized carbons (Fsp3) is 0.296. The second-order valence-electron chi connectivity index (χ2n) is 9.15. The van der Waals surface area contributed by atoms with Crippen molar-refractivity contribution in [1.82, 2.24) is 25.1 Å². The zero-order valence-electron chi connectivity index (χ0n) is 19.9. The molecule has 7 nitrogen and oxygen atoms in total. The van der Waals surface area contributed by atoms with Crippen LogP contribution in [0.15, 0.2) is 48.8 Å². The Hall–Kier alpha value is -3.29. The largest absolute Gasteiger partial charge is 0.486 e. The van der Waals surface area contributed by atoms with Gasteiger partial charge in [-0.05, 0) is 62.1 Å². The minimum absolute atomic E-state index is 0.305. The van der Waals surface area contributed by atoms with Crippen LogP contribution in [0.4, 0.5) is 5.69 Å². The number of ether oxygens (including phenoxy) is 1. The number of pyridine rings is 1. The Balaban J connectivity index is 1.33. The van der Waals surface area contributed by atoms with E-state index in [1.807, 2.05) is 25.1 Å². The number of halogens is 2. The summed E-state index contributed by atoms with van der Waals surface area (Å²) in [6.45, 7) is 4.24. The molecule has 0 amide bonds. The molecule has 4 heterocycles. The van der Waals surface area contributed by atoms with Crippen LogP contribution in [0.5, 0.6) is 5.75 Å². The predicted octanol–water partition coefficient (Wildman–Crippen LogP) is 7.33. The summed E-state index contributed by atoms with van der Waals surface area (Å²) in [6.07, 6.45) is 7.37. The highest BCUT2D eigenvalue weighted by Crippen LogP contribution is 2.36. The summed E-state index contributed by atoms with van der Waals surface area (Å²) in [5.41, 5.74) is 5.55. The number of fused-ring (bicyclic) bond motifs is 2. The van der Waals surface area contributed by atoms with Gasteiger partial charge in [0.25, 0.3) is 0 Å². The number of rotatable bonds is 6. The van der Waals surface area contributed by atoms with E-state index in [0.717, 1.165) is 52.1 Å². The van der Waals surface area contributed by atoms with Crippen LogP contribution in [0.3, 0.4) is 0 Å². The molecule has 184 valence electrons. The number of nitrogens with zero attached hydrogens (tertiary/aromatic N) is 4. The van der Waals surface area contributed by atoms with E-state index in [-0.39, 0.29) is 6.10 Å². The first kappa shape index (κ1) is 23.1. The van der Waals surface area contributed by atoms with Crippen molar-refractivity contribution in [3.05, 3.63) is 64.4 Å². The van der Waals surface area contributed by atoms with Gasteiger partial charge in [-0.25, -0.2) is 4.98 Å². The lowest BCUT2D eigenvalue weighted by atomic mass is 10.1. The third-order valence-corrected chi connectivity index (χ3v) is 7.41. The van der Waals surface area contributed by atoms with Crippen LogP contribution in [0.1, 0.15) is 44.3 Å². The van der Waals surface area contributed by atoms with Crippen LogP contribution < -0.4 is 9.64 Å². The van der Waals surface area contributed by atoms with Gasteiger partial charge in [-0.15, -0.1) is 0 Å². The highest BCUT2D eigenvalue weighted by Gasteiger charge is 2.20. The average Bonchev–Trinajstić information content (AvgIpc) is 3.51. The number of aromatic amines is 2. The lowest BCUT2D eigenvalue weighted by Crippen LogP contribution is -2.29.